The van der Waals surface area contributed by atoms with Gasteiger partial charge in [0, 0.05) is 12.5 Å². The number of ether oxygens (including phenoxy) is 1. The molecule has 0 aromatic heterocycles. The van der Waals surface area contributed by atoms with Crippen LogP contribution < -0.4 is 5.84 Å². The Labute approximate surface area is 83.9 Å². The lowest BCUT2D eigenvalue weighted by Crippen LogP contribution is -2.40. The molecule has 0 bridgehead atoms. The summed E-state index contributed by atoms with van der Waals surface area (Å²) in [5, 5.41) is 1.03. The van der Waals surface area contributed by atoms with Crippen LogP contribution in [-0.4, -0.2) is 23.2 Å². The number of rotatable bonds is 4. The number of carbonyl (C=O) groups is 1. The van der Waals surface area contributed by atoms with E-state index in [-0.39, 0.29) is 5.92 Å². The molecule has 0 spiro atoms. The van der Waals surface area contributed by atoms with Crippen molar-refractivity contribution in [2.75, 3.05) is 6.54 Å². The molecule has 0 saturated carbocycles. The summed E-state index contributed by atoms with van der Waals surface area (Å²) in [4.78, 5) is 11.1. The summed E-state index contributed by atoms with van der Waals surface area (Å²) in [7, 11) is 0. The first kappa shape index (κ1) is 12.5. The molecule has 0 aliphatic carbocycles. The van der Waals surface area contributed by atoms with Gasteiger partial charge in [-0.3, -0.25) is 0 Å². The van der Waals surface area contributed by atoms with Crippen molar-refractivity contribution < 1.29 is 9.53 Å². The maximum atomic E-state index is 11.1. The third-order valence-electron chi connectivity index (χ3n) is 1.44. The second-order valence-corrected chi connectivity index (χ2v) is 3.60. The molecule has 0 heterocycles. The predicted octanol–water partition coefficient (Wildman–Crippen LogP) is 1.93. The second kappa shape index (κ2) is 6.05. The smallest absolute Gasteiger partial charge is 0.425 e. The molecule has 0 fully saturated rings. The first-order valence-electron chi connectivity index (χ1n) is 4.36. The summed E-state index contributed by atoms with van der Waals surface area (Å²) in [6, 6.07) is 0. The highest BCUT2D eigenvalue weighted by Crippen LogP contribution is 2.11. The minimum atomic E-state index is -0.615. The zero-order chi connectivity index (χ0) is 10.4. The van der Waals surface area contributed by atoms with Gasteiger partial charge in [-0.15, -0.1) is 0 Å². The van der Waals surface area contributed by atoms with Gasteiger partial charge < -0.3 is 4.74 Å². The first-order chi connectivity index (χ1) is 5.99. The highest BCUT2D eigenvalue weighted by molar-refractivity contribution is 6.20. The van der Waals surface area contributed by atoms with Crippen molar-refractivity contribution in [3.63, 3.8) is 0 Å². The third-order valence-corrected chi connectivity index (χ3v) is 2.03. The number of halogens is 1. The molecule has 0 aliphatic rings. The predicted molar refractivity (Wildman–Crippen MR) is 52.1 cm³/mol. The Bertz CT molecular complexity index is 164. The van der Waals surface area contributed by atoms with Gasteiger partial charge in [0.1, 0.15) is 0 Å². The van der Waals surface area contributed by atoms with Crippen LogP contribution in [0, 0.1) is 5.92 Å². The molecule has 0 aromatic rings. The summed E-state index contributed by atoms with van der Waals surface area (Å²) in [5.41, 5.74) is -0.615. The Morgan fingerprint density at radius 1 is 1.62 bits per heavy atom. The number of amides is 1. The molecule has 1 amide bonds. The average molecular weight is 209 g/mol. The van der Waals surface area contributed by atoms with Gasteiger partial charge in [-0.25, -0.2) is 15.6 Å². The molecular weight excluding hydrogens is 192 g/mol. The largest absolute Gasteiger partial charge is 0.428 e. The van der Waals surface area contributed by atoms with E-state index in [1.807, 2.05) is 20.8 Å². The number of alkyl halides is 1. The number of hydrogen-bond acceptors (Lipinski definition) is 3. The van der Waals surface area contributed by atoms with Crippen LogP contribution in [0.4, 0.5) is 4.79 Å². The number of hydrogen-bond donors (Lipinski definition) is 1. The normalized spacial score (nSPS) is 12.8. The van der Waals surface area contributed by atoms with Crippen LogP contribution in [0.2, 0.25) is 0 Å². The standard InChI is InChI=1S/C8H17ClN2O2/c1-4-5-11(10)8(12)13-7(9)6(2)3/h6-7H,4-5,10H2,1-3H3. The van der Waals surface area contributed by atoms with E-state index >= 15 is 0 Å². The van der Waals surface area contributed by atoms with E-state index in [0.717, 1.165) is 11.4 Å². The van der Waals surface area contributed by atoms with Gasteiger partial charge in [-0.2, -0.15) is 0 Å². The van der Waals surface area contributed by atoms with Crippen LogP contribution in [0.5, 0.6) is 0 Å². The van der Waals surface area contributed by atoms with E-state index < -0.39 is 11.7 Å². The Morgan fingerprint density at radius 2 is 2.15 bits per heavy atom. The van der Waals surface area contributed by atoms with E-state index in [2.05, 4.69) is 0 Å². The van der Waals surface area contributed by atoms with Crippen LogP contribution in [0.1, 0.15) is 27.2 Å². The molecule has 0 aromatic carbocycles. The van der Waals surface area contributed by atoms with Gasteiger partial charge in [0.25, 0.3) is 0 Å². The lowest BCUT2D eigenvalue weighted by molar-refractivity contribution is 0.0764. The number of nitrogens with zero attached hydrogens (tertiary/aromatic N) is 1. The topological polar surface area (TPSA) is 55.6 Å². The molecule has 1 unspecified atom stereocenters. The van der Waals surface area contributed by atoms with Crippen LogP contribution >= 0.6 is 11.6 Å². The SMILES string of the molecule is CCCN(N)C(=O)OC(Cl)C(C)C. The number of hydrazine groups is 1. The highest BCUT2D eigenvalue weighted by Gasteiger charge is 2.17. The monoisotopic (exact) mass is 208 g/mol. The lowest BCUT2D eigenvalue weighted by Gasteiger charge is -2.19. The van der Waals surface area contributed by atoms with Crippen LogP contribution in [0.25, 0.3) is 0 Å². The Kier molecular flexibility index (Phi) is 5.82. The Balaban J connectivity index is 3.85. The number of carbonyl (C=O) groups excluding carboxylic acids is 1. The molecule has 5 heteroatoms. The van der Waals surface area contributed by atoms with Gasteiger partial charge in [0.2, 0.25) is 0 Å². The van der Waals surface area contributed by atoms with E-state index in [1.54, 1.807) is 0 Å². The van der Waals surface area contributed by atoms with Gasteiger partial charge in [-0.05, 0) is 6.42 Å². The van der Waals surface area contributed by atoms with Gasteiger partial charge in [0.05, 0.1) is 0 Å². The molecule has 0 rings (SSSR count). The van der Waals surface area contributed by atoms with Crippen molar-refractivity contribution in [2.45, 2.75) is 32.8 Å². The summed E-state index contributed by atoms with van der Waals surface area (Å²) in [5.74, 6) is 5.46. The highest BCUT2D eigenvalue weighted by atomic mass is 35.5. The summed E-state index contributed by atoms with van der Waals surface area (Å²) in [6.07, 6.45) is 0.218. The Morgan fingerprint density at radius 3 is 2.54 bits per heavy atom. The summed E-state index contributed by atoms with van der Waals surface area (Å²) in [6.45, 7) is 6.13. The van der Waals surface area contributed by atoms with Crippen molar-refractivity contribution in [3.05, 3.63) is 0 Å². The molecule has 4 nitrogen and oxygen atoms in total. The fourth-order valence-electron chi connectivity index (χ4n) is 0.632. The zero-order valence-electron chi connectivity index (χ0n) is 8.29. The minimum absolute atomic E-state index is 0.0839. The quantitative estimate of drug-likeness (QED) is 0.333. The van der Waals surface area contributed by atoms with Crippen molar-refractivity contribution in [1.29, 1.82) is 0 Å². The Hall–Kier alpha value is -0.480. The van der Waals surface area contributed by atoms with E-state index in [9.17, 15) is 4.79 Å². The molecule has 2 N–H and O–H groups in total. The summed E-state index contributed by atoms with van der Waals surface area (Å²) < 4.78 is 4.85. The van der Waals surface area contributed by atoms with E-state index in [1.165, 1.54) is 0 Å². The first-order valence-corrected chi connectivity index (χ1v) is 4.79. The van der Waals surface area contributed by atoms with Gasteiger partial charge in [0.15, 0.2) is 5.56 Å². The maximum Gasteiger partial charge on any atom is 0.425 e. The molecule has 0 saturated heterocycles. The number of nitrogens with two attached hydrogens (primary N) is 1. The molecule has 13 heavy (non-hydrogen) atoms. The second-order valence-electron chi connectivity index (χ2n) is 3.17. The molecule has 78 valence electrons. The average Bonchev–Trinajstić information content (AvgIpc) is 2.04. The summed E-state index contributed by atoms with van der Waals surface area (Å²) >= 11 is 5.73. The maximum absolute atomic E-state index is 11.1. The van der Waals surface area contributed by atoms with Crippen molar-refractivity contribution in [2.24, 2.45) is 11.8 Å². The third kappa shape index (κ3) is 4.95. The van der Waals surface area contributed by atoms with Gasteiger partial charge in [-0.1, -0.05) is 32.4 Å². The van der Waals surface area contributed by atoms with E-state index in [0.29, 0.717) is 6.54 Å². The van der Waals surface area contributed by atoms with Crippen LogP contribution in [0.3, 0.4) is 0 Å². The lowest BCUT2D eigenvalue weighted by atomic mass is 10.2. The van der Waals surface area contributed by atoms with Crippen molar-refractivity contribution >= 4 is 17.7 Å². The molecule has 1 atom stereocenters. The van der Waals surface area contributed by atoms with Crippen molar-refractivity contribution in [3.8, 4) is 0 Å². The van der Waals surface area contributed by atoms with Crippen LogP contribution in [-0.2, 0) is 4.74 Å². The fraction of sp³-hybridized carbons (Fsp3) is 0.875. The molecular formula is C8H17ClN2O2. The zero-order valence-corrected chi connectivity index (χ0v) is 9.04. The van der Waals surface area contributed by atoms with Crippen molar-refractivity contribution in [1.82, 2.24) is 5.01 Å². The van der Waals surface area contributed by atoms with E-state index in [4.69, 9.17) is 22.2 Å². The molecule has 0 aliphatic heterocycles. The molecule has 0 radical (unpaired) electrons. The minimum Gasteiger partial charge on any atom is -0.428 e. The van der Waals surface area contributed by atoms with Gasteiger partial charge >= 0.3 is 6.09 Å². The fourth-order valence-corrected chi connectivity index (χ4v) is 0.708. The van der Waals surface area contributed by atoms with Crippen LogP contribution in [0.15, 0.2) is 0 Å².